The number of nitrogens with zero attached hydrogens (tertiary/aromatic N) is 3. The number of carbonyl (C=O) groups is 1. The number of halogens is 1. The molecule has 30 heavy (non-hydrogen) atoms. The molecule has 10 heteroatoms. The molecular formula is C20H24FN5O2S2. The molecule has 1 aromatic heterocycles. The minimum absolute atomic E-state index is 0.107. The Morgan fingerprint density at radius 3 is 2.73 bits per heavy atom. The second kappa shape index (κ2) is 7.30. The van der Waals surface area contributed by atoms with E-state index in [-0.39, 0.29) is 4.21 Å². The molecule has 7 nitrogen and oxygen atoms in total. The summed E-state index contributed by atoms with van der Waals surface area (Å²) in [5, 5.41) is 12.2. The van der Waals surface area contributed by atoms with Gasteiger partial charge in [0.05, 0.1) is 10.3 Å². The lowest BCUT2D eigenvalue weighted by molar-refractivity contribution is 0.258. The van der Waals surface area contributed by atoms with Crippen LogP contribution in [0.15, 0.2) is 19.9 Å². The number of fused-ring (bicyclic) bond motifs is 3. The summed E-state index contributed by atoms with van der Waals surface area (Å²) >= 11 is 1.08. The number of nitrogens with two attached hydrogens (primary N) is 1. The maximum Gasteiger partial charge on any atom is 0.364 e. The second-order valence-corrected chi connectivity index (χ2v) is 11.5. The Hall–Kier alpha value is -2.01. The predicted octanol–water partition coefficient (Wildman–Crippen LogP) is 3.31. The van der Waals surface area contributed by atoms with E-state index in [1.54, 1.807) is 0 Å². The molecule has 0 spiro atoms. The van der Waals surface area contributed by atoms with Crippen molar-refractivity contribution in [1.82, 2.24) is 4.90 Å². The van der Waals surface area contributed by atoms with E-state index in [1.807, 2.05) is 11.9 Å². The Kier molecular flexibility index (Phi) is 4.85. The molecule has 2 amide bonds. The van der Waals surface area contributed by atoms with Crippen molar-refractivity contribution in [3.05, 3.63) is 44.6 Å². The minimum atomic E-state index is -3.97. The van der Waals surface area contributed by atoms with Crippen LogP contribution in [-0.2, 0) is 49.0 Å². The molecule has 1 aromatic carbocycles. The van der Waals surface area contributed by atoms with Crippen LogP contribution in [0.4, 0.5) is 14.9 Å². The molecule has 2 heterocycles. The highest BCUT2D eigenvalue weighted by atomic mass is 32.3. The van der Waals surface area contributed by atoms with Crippen molar-refractivity contribution in [3.8, 4) is 0 Å². The number of aryl methyl sites for hydroxylation is 2. The Balaban J connectivity index is 1.37. The Bertz CT molecular complexity index is 1140. The molecule has 0 saturated heterocycles. The fourth-order valence-electron chi connectivity index (χ4n) is 4.56. The van der Waals surface area contributed by atoms with E-state index in [0.29, 0.717) is 18.5 Å². The van der Waals surface area contributed by atoms with E-state index >= 15 is 0 Å². The summed E-state index contributed by atoms with van der Waals surface area (Å²) in [4.78, 5) is 15.3. The third-order valence-electron chi connectivity index (χ3n) is 6.19. The number of carbonyl (C=O) groups excluding carboxylic acids is 1. The van der Waals surface area contributed by atoms with E-state index in [2.05, 4.69) is 21.0 Å². The third kappa shape index (κ3) is 3.31. The minimum Gasteiger partial charge on any atom is -0.304 e. The van der Waals surface area contributed by atoms with E-state index in [9.17, 15) is 13.4 Å². The average Bonchev–Trinajstić information content (AvgIpc) is 3.28. The number of nitrogens with one attached hydrogen (secondary N) is 1. The molecule has 0 atom stereocenters. The van der Waals surface area contributed by atoms with Gasteiger partial charge in [0.15, 0.2) is 5.82 Å². The molecule has 2 aliphatic carbocycles. The zero-order chi connectivity index (χ0) is 21.0. The summed E-state index contributed by atoms with van der Waals surface area (Å²) < 4.78 is 31.3. The summed E-state index contributed by atoms with van der Waals surface area (Å²) in [6.07, 6.45) is 5.62. The van der Waals surface area contributed by atoms with Gasteiger partial charge in [0.1, 0.15) is 4.21 Å². The van der Waals surface area contributed by atoms with Crippen LogP contribution in [0, 0.1) is 5.82 Å². The first kappa shape index (κ1) is 19.9. The van der Waals surface area contributed by atoms with Crippen molar-refractivity contribution in [2.75, 3.05) is 18.9 Å². The Morgan fingerprint density at radius 2 is 1.97 bits per heavy atom. The number of amides is 2. The van der Waals surface area contributed by atoms with Crippen LogP contribution in [-0.4, -0.2) is 28.7 Å². The van der Waals surface area contributed by atoms with Gasteiger partial charge in [-0.05, 0) is 67.8 Å². The topological polar surface area (TPSA) is 100 Å². The van der Waals surface area contributed by atoms with Gasteiger partial charge in [0, 0.05) is 29.2 Å². The second-order valence-electron chi connectivity index (χ2n) is 8.23. The van der Waals surface area contributed by atoms with Crippen molar-refractivity contribution < 1.29 is 13.4 Å². The number of hydrogen-bond donors (Lipinski definition) is 3. The summed E-state index contributed by atoms with van der Waals surface area (Å²) in [5.74, 6) is -0.575. The van der Waals surface area contributed by atoms with E-state index < -0.39 is 22.2 Å². The molecule has 0 saturated carbocycles. The number of benzene rings is 1. The van der Waals surface area contributed by atoms with Crippen molar-refractivity contribution in [3.63, 3.8) is 0 Å². The van der Waals surface area contributed by atoms with Gasteiger partial charge in [-0.2, -0.15) is 0 Å². The third-order valence-corrected chi connectivity index (χ3v) is 9.46. The monoisotopic (exact) mass is 449 g/mol. The van der Waals surface area contributed by atoms with Gasteiger partial charge < -0.3 is 10.2 Å². The Labute approximate surface area is 179 Å². The van der Waals surface area contributed by atoms with E-state index in [0.717, 1.165) is 71.7 Å². The van der Waals surface area contributed by atoms with Gasteiger partial charge in [-0.25, -0.2) is 13.4 Å². The maximum atomic E-state index is 14.8. The zero-order valence-electron chi connectivity index (χ0n) is 16.7. The van der Waals surface area contributed by atoms with Crippen molar-refractivity contribution in [2.24, 2.45) is 14.8 Å². The van der Waals surface area contributed by atoms with Crippen molar-refractivity contribution in [1.29, 1.82) is 0 Å². The van der Waals surface area contributed by atoms with Crippen molar-refractivity contribution in [2.45, 2.75) is 49.3 Å². The number of likely N-dealkylation sites (N-methyl/N-ethyl adjacent to an activating group) is 1. The smallest absolute Gasteiger partial charge is 0.304 e. The first-order valence-corrected chi connectivity index (χ1v) is 12.7. The van der Waals surface area contributed by atoms with Gasteiger partial charge in [0.2, 0.25) is 0 Å². The fourth-order valence-corrected chi connectivity index (χ4v) is 7.15. The van der Waals surface area contributed by atoms with Gasteiger partial charge >= 0.3 is 6.03 Å². The summed E-state index contributed by atoms with van der Waals surface area (Å²) in [7, 11) is -2.06. The van der Waals surface area contributed by atoms with Crippen molar-refractivity contribution >= 4 is 33.4 Å². The van der Waals surface area contributed by atoms with Crippen LogP contribution >= 0.6 is 11.3 Å². The van der Waals surface area contributed by atoms with Gasteiger partial charge in [-0.3, -0.25) is 5.14 Å². The van der Waals surface area contributed by atoms with Gasteiger partial charge in [0.25, 0.3) is 0 Å². The highest BCUT2D eigenvalue weighted by Crippen LogP contribution is 2.40. The Morgan fingerprint density at radius 1 is 1.20 bits per heavy atom. The molecule has 0 unspecified atom stereocenters. The summed E-state index contributed by atoms with van der Waals surface area (Å²) in [6.45, 7) is 1.25. The highest BCUT2D eigenvalue weighted by molar-refractivity contribution is 8.01. The first-order chi connectivity index (χ1) is 14.3. The molecule has 0 fully saturated rings. The molecule has 0 radical (unpaired) electrons. The molecule has 3 N–H and O–H groups in total. The summed E-state index contributed by atoms with van der Waals surface area (Å²) in [5.41, 5.74) is 6.20. The van der Waals surface area contributed by atoms with E-state index in [1.165, 1.54) is 11.1 Å². The quantitative estimate of drug-likeness (QED) is 0.495. The lowest BCUT2D eigenvalue weighted by Gasteiger charge is -2.25. The molecule has 0 bridgehead atoms. The average molecular weight is 450 g/mol. The predicted molar refractivity (Wildman–Crippen MR) is 116 cm³/mol. The lowest BCUT2D eigenvalue weighted by atomic mass is 9.83. The maximum absolute atomic E-state index is 14.8. The van der Waals surface area contributed by atoms with Gasteiger partial charge in [-0.15, -0.1) is 11.3 Å². The van der Waals surface area contributed by atoms with Crippen LogP contribution in [0.5, 0.6) is 0 Å². The first-order valence-electron chi connectivity index (χ1n) is 10.1. The number of thiol groups is 1. The number of rotatable bonds is 3. The van der Waals surface area contributed by atoms with Gasteiger partial charge in [-0.1, -0.05) is 15.7 Å². The zero-order valence-corrected chi connectivity index (χ0v) is 18.4. The molecular weight excluding hydrogens is 425 g/mol. The summed E-state index contributed by atoms with van der Waals surface area (Å²) in [6, 6.07) is 1.52. The normalized spacial score (nSPS) is 18.6. The van der Waals surface area contributed by atoms with Crippen LogP contribution in [0.3, 0.4) is 0 Å². The standard InChI is InChI=1S/C20H24FN5O2S2/c1-26-8-7-16-15(10-26)17(21)19(29-16)30(22,28)25-24-20(27)23-18-13-4-2-3-11(13)9-12-5-6-14(12)18/h9,30H,2-8,10H2,1H3,(H2,22,28)(H,23,27)/b25-24-. The van der Waals surface area contributed by atoms with Crippen LogP contribution in [0.2, 0.25) is 0 Å². The molecule has 5 rings (SSSR count). The molecule has 160 valence electrons. The highest BCUT2D eigenvalue weighted by Gasteiger charge is 2.29. The number of hydrogen-bond acceptors (Lipinski definition) is 4. The van der Waals surface area contributed by atoms with Crippen LogP contribution in [0.25, 0.3) is 0 Å². The van der Waals surface area contributed by atoms with Crippen LogP contribution < -0.4 is 10.5 Å². The fraction of sp³-hybridized carbons (Fsp3) is 0.450. The largest absolute Gasteiger partial charge is 0.364 e. The van der Waals surface area contributed by atoms with E-state index in [4.69, 9.17) is 5.14 Å². The number of anilines is 1. The lowest BCUT2D eigenvalue weighted by Crippen LogP contribution is -2.26. The van der Waals surface area contributed by atoms with Crippen LogP contribution in [0.1, 0.15) is 39.1 Å². The number of urea groups is 1. The SMILES string of the molecule is CN1CCc2sc([SH](N)(=O)/N=N\C(=O)Nc3c4c(cc5c3CC5)CCC4)c(F)c2C1. The number of thiophene rings is 1. The molecule has 3 aliphatic rings. The molecule has 1 aliphatic heterocycles. The molecule has 2 aromatic rings.